The van der Waals surface area contributed by atoms with Gasteiger partial charge in [-0.3, -0.25) is 0 Å². The lowest BCUT2D eigenvalue weighted by Gasteiger charge is -2.26. The van der Waals surface area contributed by atoms with Gasteiger partial charge in [-0.1, -0.05) is 15.9 Å². The molecule has 0 radical (unpaired) electrons. The van der Waals surface area contributed by atoms with Gasteiger partial charge in [0.15, 0.2) is 11.6 Å². The fourth-order valence-corrected chi connectivity index (χ4v) is 4.50. The van der Waals surface area contributed by atoms with Crippen LogP contribution in [0.15, 0.2) is 21.5 Å². The van der Waals surface area contributed by atoms with Gasteiger partial charge in [-0.25, -0.2) is 17.5 Å². The molecule has 1 aromatic carbocycles. The summed E-state index contributed by atoms with van der Waals surface area (Å²) in [7, 11) is -2.67. The number of sulfonamides is 1. The van der Waals surface area contributed by atoms with E-state index in [1.807, 2.05) is 0 Å². The first-order valence-electron chi connectivity index (χ1n) is 6.57. The van der Waals surface area contributed by atoms with Crippen molar-refractivity contribution in [2.45, 2.75) is 42.7 Å². The Hall–Kier alpha value is -0.700. The Morgan fingerprint density at radius 2 is 1.95 bits per heavy atom. The molecular weight excluding hydrogens is 365 g/mol. The minimum Gasteiger partial charge on any atom is -0.492 e. The molecule has 1 aliphatic rings. The zero-order valence-corrected chi connectivity index (χ0v) is 13.9. The van der Waals surface area contributed by atoms with E-state index in [-0.39, 0.29) is 22.8 Å². The summed E-state index contributed by atoms with van der Waals surface area (Å²) in [6.45, 7) is 0. The van der Waals surface area contributed by atoms with Crippen LogP contribution in [-0.2, 0) is 10.0 Å². The summed E-state index contributed by atoms with van der Waals surface area (Å²) < 4.78 is 46.4. The highest BCUT2D eigenvalue weighted by Crippen LogP contribution is 2.31. The number of rotatable bonds is 4. The third kappa shape index (κ3) is 3.94. The molecule has 0 spiro atoms. The first-order chi connectivity index (χ1) is 9.83. The second kappa shape index (κ2) is 6.60. The molecule has 5 nitrogen and oxygen atoms in total. The second-order valence-corrected chi connectivity index (χ2v) is 7.64. The maximum atomic E-state index is 13.8. The van der Waals surface area contributed by atoms with Crippen LogP contribution in [0, 0.1) is 5.82 Å². The Morgan fingerprint density at radius 1 is 1.33 bits per heavy atom. The van der Waals surface area contributed by atoms with Gasteiger partial charge in [0.05, 0.1) is 13.2 Å². The van der Waals surface area contributed by atoms with Crippen LogP contribution in [0.1, 0.15) is 25.7 Å². The van der Waals surface area contributed by atoms with E-state index in [1.54, 1.807) is 0 Å². The Balaban J connectivity index is 2.27. The number of hydrogen-bond acceptors (Lipinski definition) is 4. The van der Waals surface area contributed by atoms with Gasteiger partial charge in [0.25, 0.3) is 0 Å². The van der Waals surface area contributed by atoms with E-state index >= 15 is 0 Å². The van der Waals surface area contributed by atoms with Gasteiger partial charge in [0.2, 0.25) is 10.0 Å². The Bertz CT molecular complexity index is 615. The highest BCUT2D eigenvalue weighted by Gasteiger charge is 2.28. The van der Waals surface area contributed by atoms with Gasteiger partial charge < -0.3 is 9.84 Å². The van der Waals surface area contributed by atoms with Crippen LogP contribution >= 0.6 is 15.9 Å². The summed E-state index contributed by atoms with van der Waals surface area (Å²) in [5.41, 5.74) is 0. The fourth-order valence-electron chi connectivity index (χ4n) is 2.41. The van der Waals surface area contributed by atoms with Crippen LogP contribution < -0.4 is 9.46 Å². The lowest BCUT2D eigenvalue weighted by molar-refractivity contribution is 0.120. The minimum atomic E-state index is -3.89. The number of nitrogens with one attached hydrogen (secondary N) is 1. The van der Waals surface area contributed by atoms with Crippen molar-refractivity contribution < 1.29 is 22.7 Å². The normalized spacial score (nSPS) is 23.0. The van der Waals surface area contributed by atoms with E-state index in [2.05, 4.69) is 20.7 Å². The van der Waals surface area contributed by atoms with Crippen molar-refractivity contribution in [3.63, 3.8) is 0 Å². The maximum absolute atomic E-state index is 13.8. The lowest BCUT2D eigenvalue weighted by Crippen LogP contribution is -2.38. The maximum Gasteiger partial charge on any atom is 0.244 e. The summed E-state index contributed by atoms with van der Waals surface area (Å²) >= 11 is 3.08. The molecule has 0 aliphatic heterocycles. The third-order valence-corrected chi connectivity index (χ3v) is 5.47. The number of hydrogen-bond donors (Lipinski definition) is 2. The molecule has 1 saturated carbocycles. The van der Waals surface area contributed by atoms with Crippen molar-refractivity contribution in [2.75, 3.05) is 7.11 Å². The van der Waals surface area contributed by atoms with Gasteiger partial charge in [0, 0.05) is 10.5 Å². The first kappa shape index (κ1) is 16.7. The minimum absolute atomic E-state index is 0.233. The van der Waals surface area contributed by atoms with E-state index in [4.69, 9.17) is 4.74 Å². The molecule has 118 valence electrons. The molecule has 21 heavy (non-hydrogen) atoms. The molecule has 0 bridgehead atoms. The van der Waals surface area contributed by atoms with Gasteiger partial charge in [0.1, 0.15) is 4.90 Å². The molecule has 8 heteroatoms. The summed E-state index contributed by atoms with van der Waals surface area (Å²) in [5, 5.41) is 9.44. The first-order valence-corrected chi connectivity index (χ1v) is 8.84. The Morgan fingerprint density at radius 3 is 2.52 bits per heavy atom. The summed E-state index contributed by atoms with van der Waals surface area (Å²) in [6, 6.07) is 2.20. The Kier molecular flexibility index (Phi) is 5.24. The van der Waals surface area contributed by atoms with E-state index in [9.17, 15) is 17.9 Å². The molecule has 2 N–H and O–H groups in total. The van der Waals surface area contributed by atoms with Crippen LogP contribution in [0.5, 0.6) is 5.75 Å². The molecule has 1 aromatic rings. The van der Waals surface area contributed by atoms with Crippen molar-refractivity contribution in [1.29, 1.82) is 0 Å². The van der Waals surface area contributed by atoms with Crippen molar-refractivity contribution >= 4 is 26.0 Å². The SMILES string of the molecule is COc1c(F)cc(Br)cc1S(=O)(=O)NC1CCC(O)CC1. The molecule has 1 fully saturated rings. The monoisotopic (exact) mass is 381 g/mol. The summed E-state index contributed by atoms with van der Waals surface area (Å²) in [5.74, 6) is -1.05. The smallest absolute Gasteiger partial charge is 0.244 e. The van der Waals surface area contributed by atoms with E-state index < -0.39 is 15.8 Å². The van der Waals surface area contributed by atoms with E-state index in [0.717, 1.165) is 6.07 Å². The van der Waals surface area contributed by atoms with Gasteiger partial charge in [-0.05, 0) is 37.8 Å². The summed E-state index contributed by atoms with van der Waals surface area (Å²) in [6.07, 6.45) is 1.84. The lowest BCUT2D eigenvalue weighted by atomic mass is 9.94. The van der Waals surface area contributed by atoms with Crippen molar-refractivity contribution in [2.24, 2.45) is 0 Å². The number of benzene rings is 1. The largest absolute Gasteiger partial charge is 0.492 e. The standard InChI is InChI=1S/C13H17BrFNO4S/c1-20-13-11(15)6-8(14)7-12(13)21(18,19)16-9-2-4-10(17)5-3-9/h6-7,9-10,16-17H,2-5H2,1H3. The molecule has 1 aliphatic carbocycles. The molecule has 0 heterocycles. The number of aliphatic hydroxyl groups is 1. The molecule has 0 aromatic heterocycles. The van der Waals surface area contributed by atoms with Gasteiger partial charge >= 0.3 is 0 Å². The molecule has 0 unspecified atom stereocenters. The topological polar surface area (TPSA) is 75.6 Å². The van der Waals surface area contributed by atoms with E-state index in [1.165, 1.54) is 13.2 Å². The molecule has 0 atom stereocenters. The average molecular weight is 382 g/mol. The number of methoxy groups -OCH3 is 1. The average Bonchev–Trinajstić information content (AvgIpc) is 2.40. The van der Waals surface area contributed by atoms with Crippen molar-refractivity contribution in [1.82, 2.24) is 4.72 Å². The van der Waals surface area contributed by atoms with Crippen LogP contribution in [0.4, 0.5) is 4.39 Å². The third-order valence-electron chi connectivity index (χ3n) is 3.49. The predicted molar refractivity (Wildman–Crippen MR) is 79.2 cm³/mol. The highest BCUT2D eigenvalue weighted by molar-refractivity contribution is 9.10. The van der Waals surface area contributed by atoms with Crippen LogP contribution in [0.2, 0.25) is 0 Å². The van der Waals surface area contributed by atoms with Gasteiger partial charge in [-0.15, -0.1) is 0 Å². The highest BCUT2D eigenvalue weighted by atomic mass is 79.9. The molecule has 0 saturated heterocycles. The molecule has 0 amide bonds. The molecule has 2 rings (SSSR count). The fraction of sp³-hybridized carbons (Fsp3) is 0.538. The van der Waals surface area contributed by atoms with Crippen molar-refractivity contribution in [3.05, 3.63) is 22.4 Å². The van der Waals surface area contributed by atoms with Crippen molar-refractivity contribution in [3.8, 4) is 5.75 Å². The zero-order chi connectivity index (χ0) is 15.6. The Labute approximate surface area is 131 Å². The molecular formula is C13H17BrFNO4S. The zero-order valence-electron chi connectivity index (χ0n) is 11.5. The summed E-state index contributed by atoms with van der Waals surface area (Å²) in [4.78, 5) is -0.233. The van der Waals surface area contributed by atoms with Gasteiger partial charge in [-0.2, -0.15) is 0 Å². The number of ether oxygens (including phenoxy) is 1. The van der Waals surface area contributed by atoms with E-state index in [0.29, 0.717) is 30.2 Å². The van der Waals surface area contributed by atoms with Crippen LogP contribution in [0.25, 0.3) is 0 Å². The number of halogens is 2. The van der Waals surface area contributed by atoms with Crippen LogP contribution in [-0.4, -0.2) is 32.8 Å². The second-order valence-electron chi connectivity index (χ2n) is 5.05. The quantitative estimate of drug-likeness (QED) is 0.837. The predicted octanol–water partition coefficient (Wildman–Crippen LogP) is 2.18. The van der Waals surface area contributed by atoms with Crippen LogP contribution in [0.3, 0.4) is 0 Å². The number of aliphatic hydroxyl groups excluding tert-OH is 1.